The predicted molar refractivity (Wildman–Crippen MR) is 72.0 cm³/mol. The van der Waals surface area contributed by atoms with Gasteiger partial charge in [0.05, 0.1) is 11.4 Å². The zero-order valence-electron chi connectivity index (χ0n) is 10.4. The smallest absolute Gasteiger partial charge is 0.126 e. The Morgan fingerprint density at radius 2 is 1.84 bits per heavy atom. The van der Waals surface area contributed by atoms with Crippen LogP contribution in [0.15, 0.2) is 36.4 Å². The molecule has 0 amide bonds. The molecule has 2 N–H and O–H groups in total. The topological polar surface area (TPSA) is 29.3 Å². The lowest BCUT2D eigenvalue weighted by molar-refractivity contribution is 0.579. The van der Waals surface area contributed by atoms with E-state index in [1.165, 1.54) is 17.7 Å². The average molecular weight is 260 g/mol. The largest absolute Gasteiger partial charge is 0.397 e. The maximum atomic E-state index is 13.2. The second-order valence-corrected chi connectivity index (χ2v) is 4.80. The van der Waals surface area contributed by atoms with E-state index in [4.69, 9.17) is 5.73 Å². The SMILES string of the molecule is Nc1cccc2c1N(Cc1cc(F)cc(F)c1)CC2. The van der Waals surface area contributed by atoms with Crippen LogP contribution in [0, 0.1) is 11.6 Å². The molecule has 0 unspecified atom stereocenters. The number of benzene rings is 2. The van der Waals surface area contributed by atoms with Crippen molar-refractivity contribution in [2.24, 2.45) is 0 Å². The van der Waals surface area contributed by atoms with Crippen LogP contribution >= 0.6 is 0 Å². The second kappa shape index (κ2) is 4.53. The Morgan fingerprint density at radius 1 is 1.11 bits per heavy atom. The van der Waals surface area contributed by atoms with Crippen LogP contribution < -0.4 is 10.6 Å². The molecule has 0 saturated heterocycles. The molecular weight excluding hydrogens is 246 g/mol. The molecule has 2 nitrogen and oxygen atoms in total. The molecule has 0 atom stereocenters. The van der Waals surface area contributed by atoms with Gasteiger partial charge in [-0.3, -0.25) is 0 Å². The molecule has 2 aromatic rings. The molecule has 2 aromatic carbocycles. The fraction of sp³-hybridized carbons (Fsp3) is 0.200. The monoisotopic (exact) mass is 260 g/mol. The van der Waals surface area contributed by atoms with Gasteiger partial charge in [-0.1, -0.05) is 12.1 Å². The van der Waals surface area contributed by atoms with Crippen molar-refractivity contribution in [2.45, 2.75) is 13.0 Å². The van der Waals surface area contributed by atoms with Crippen molar-refractivity contribution in [2.75, 3.05) is 17.2 Å². The maximum absolute atomic E-state index is 13.2. The number of nitrogens with zero attached hydrogens (tertiary/aromatic N) is 1. The summed E-state index contributed by atoms with van der Waals surface area (Å²) in [6, 6.07) is 9.43. The normalized spacial score (nSPS) is 13.7. The molecule has 19 heavy (non-hydrogen) atoms. The van der Waals surface area contributed by atoms with E-state index in [-0.39, 0.29) is 0 Å². The minimum atomic E-state index is -0.546. The first-order valence-electron chi connectivity index (χ1n) is 6.21. The quantitative estimate of drug-likeness (QED) is 0.841. The number of anilines is 2. The fourth-order valence-corrected chi connectivity index (χ4v) is 2.65. The standard InChI is InChI=1S/C15H14F2N2/c16-12-6-10(7-13(17)8-12)9-19-5-4-11-2-1-3-14(18)15(11)19/h1-3,6-8H,4-5,9,18H2. The molecule has 0 spiro atoms. The van der Waals surface area contributed by atoms with Gasteiger partial charge in [-0.15, -0.1) is 0 Å². The Hall–Kier alpha value is -2.10. The number of hydrogen-bond donors (Lipinski definition) is 1. The van der Waals surface area contributed by atoms with Crippen molar-refractivity contribution in [1.29, 1.82) is 0 Å². The highest BCUT2D eigenvalue weighted by Gasteiger charge is 2.21. The number of nitrogens with two attached hydrogens (primary N) is 1. The van der Waals surface area contributed by atoms with E-state index in [1.54, 1.807) is 0 Å². The number of rotatable bonds is 2. The second-order valence-electron chi connectivity index (χ2n) is 4.80. The van der Waals surface area contributed by atoms with Crippen LogP contribution in [0.25, 0.3) is 0 Å². The van der Waals surface area contributed by atoms with Gasteiger partial charge in [-0.2, -0.15) is 0 Å². The number of para-hydroxylation sites is 1. The van der Waals surface area contributed by atoms with Gasteiger partial charge in [-0.25, -0.2) is 8.78 Å². The third kappa shape index (κ3) is 2.26. The molecule has 1 aliphatic rings. The summed E-state index contributed by atoms with van der Waals surface area (Å²) in [7, 11) is 0. The van der Waals surface area contributed by atoms with Crippen LogP contribution in [0.5, 0.6) is 0 Å². The first-order valence-corrected chi connectivity index (χ1v) is 6.21. The van der Waals surface area contributed by atoms with Crippen molar-refractivity contribution >= 4 is 11.4 Å². The predicted octanol–water partition coefficient (Wildman–Crippen LogP) is 3.11. The summed E-state index contributed by atoms with van der Waals surface area (Å²) >= 11 is 0. The van der Waals surface area contributed by atoms with Crippen LogP contribution in [0.3, 0.4) is 0 Å². The molecule has 0 aromatic heterocycles. The summed E-state index contributed by atoms with van der Waals surface area (Å²) in [6.07, 6.45) is 0.915. The fourth-order valence-electron chi connectivity index (χ4n) is 2.65. The van der Waals surface area contributed by atoms with Crippen molar-refractivity contribution < 1.29 is 8.78 Å². The van der Waals surface area contributed by atoms with E-state index in [9.17, 15) is 8.78 Å². The summed E-state index contributed by atoms with van der Waals surface area (Å²) in [4.78, 5) is 2.07. The van der Waals surface area contributed by atoms with Gasteiger partial charge in [0.1, 0.15) is 11.6 Å². The lowest BCUT2D eigenvalue weighted by Gasteiger charge is -2.21. The first-order chi connectivity index (χ1) is 9.13. The average Bonchev–Trinajstić information content (AvgIpc) is 2.72. The van der Waals surface area contributed by atoms with Gasteiger partial charge in [0, 0.05) is 19.2 Å². The maximum Gasteiger partial charge on any atom is 0.126 e. The van der Waals surface area contributed by atoms with E-state index >= 15 is 0 Å². The third-order valence-corrected chi connectivity index (χ3v) is 3.41. The van der Waals surface area contributed by atoms with Crippen molar-refractivity contribution in [3.8, 4) is 0 Å². The van der Waals surface area contributed by atoms with Crippen LogP contribution in [0.2, 0.25) is 0 Å². The van der Waals surface area contributed by atoms with Gasteiger partial charge < -0.3 is 10.6 Å². The molecule has 0 fully saturated rings. The molecule has 3 rings (SSSR count). The van der Waals surface area contributed by atoms with E-state index in [2.05, 4.69) is 4.90 Å². The van der Waals surface area contributed by atoms with E-state index in [0.717, 1.165) is 24.7 Å². The van der Waals surface area contributed by atoms with Crippen molar-refractivity contribution in [3.05, 3.63) is 59.2 Å². The first kappa shape index (κ1) is 12.0. The minimum absolute atomic E-state index is 0.468. The zero-order valence-corrected chi connectivity index (χ0v) is 10.4. The molecule has 0 radical (unpaired) electrons. The molecule has 0 aliphatic carbocycles. The molecule has 98 valence electrons. The lowest BCUT2D eigenvalue weighted by Crippen LogP contribution is -2.20. The van der Waals surface area contributed by atoms with Crippen LogP contribution in [-0.4, -0.2) is 6.54 Å². The third-order valence-electron chi connectivity index (χ3n) is 3.41. The van der Waals surface area contributed by atoms with E-state index in [0.29, 0.717) is 17.8 Å². The molecule has 0 saturated carbocycles. The summed E-state index contributed by atoms with van der Waals surface area (Å²) in [5.74, 6) is -1.09. The number of halogens is 2. The Bertz CT molecular complexity index is 605. The molecule has 4 heteroatoms. The Morgan fingerprint density at radius 3 is 2.58 bits per heavy atom. The highest BCUT2D eigenvalue weighted by Crippen LogP contribution is 2.34. The summed E-state index contributed by atoms with van der Waals surface area (Å²) in [5.41, 5.74) is 9.50. The molecule has 1 aliphatic heterocycles. The Kier molecular flexibility index (Phi) is 2.85. The number of fused-ring (bicyclic) bond motifs is 1. The van der Waals surface area contributed by atoms with Crippen molar-refractivity contribution in [3.63, 3.8) is 0 Å². The van der Waals surface area contributed by atoms with Gasteiger partial charge >= 0.3 is 0 Å². The highest BCUT2D eigenvalue weighted by atomic mass is 19.1. The van der Waals surface area contributed by atoms with E-state index in [1.807, 2.05) is 18.2 Å². The molecule has 1 heterocycles. The highest BCUT2D eigenvalue weighted by molar-refractivity contribution is 5.74. The Balaban J connectivity index is 1.90. The van der Waals surface area contributed by atoms with Gasteiger partial charge in [-0.05, 0) is 35.7 Å². The van der Waals surface area contributed by atoms with Gasteiger partial charge in [0.2, 0.25) is 0 Å². The minimum Gasteiger partial charge on any atom is -0.397 e. The summed E-state index contributed by atoms with van der Waals surface area (Å²) < 4.78 is 26.4. The molecule has 0 bridgehead atoms. The molecular formula is C15H14F2N2. The van der Waals surface area contributed by atoms with Crippen LogP contribution in [0.1, 0.15) is 11.1 Å². The van der Waals surface area contributed by atoms with Crippen LogP contribution in [-0.2, 0) is 13.0 Å². The van der Waals surface area contributed by atoms with Crippen molar-refractivity contribution in [1.82, 2.24) is 0 Å². The van der Waals surface area contributed by atoms with Crippen LogP contribution in [0.4, 0.5) is 20.2 Å². The summed E-state index contributed by atoms with van der Waals surface area (Å²) in [6.45, 7) is 1.29. The number of nitrogen functional groups attached to an aromatic ring is 1. The lowest BCUT2D eigenvalue weighted by atomic mass is 10.1. The Labute approximate surface area is 110 Å². The van der Waals surface area contributed by atoms with E-state index < -0.39 is 11.6 Å². The summed E-state index contributed by atoms with van der Waals surface area (Å²) in [5, 5.41) is 0. The van der Waals surface area contributed by atoms with Gasteiger partial charge in [0.15, 0.2) is 0 Å². The number of hydrogen-bond acceptors (Lipinski definition) is 2. The van der Waals surface area contributed by atoms with Gasteiger partial charge in [0.25, 0.3) is 0 Å². The zero-order chi connectivity index (χ0) is 13.4.